The summed E-state index contributed by atoms with van der Waals surface area (Å²) in [5, 5.41) is 0. The highest BCUT2D eigenvalue weighted by molar-refractivity contribution is 6.24. The molecule has 0 aliphatic carbocycles. The zero-order valence-corrected chi connectivity index (χ0v) is 15.4. The number of unbranched alkanes of at least 4 members (excludes halogenated alkanes) is 4. The SMILES string of the molecule is CCCCC(CCCC)C(Cl)(CCCC)CCCC.N. The third-order valence-corrected chi connectivity index (χ3v) is 5.12. The van der Waals surface area contributed by atoms with Gasteiger partial charge in [-0.1, -0.05) is 79.1 Å². The van der Waals surface area contributed by atoms with Crippen LogP contribution in [0.2, 0.25) is 0 Å². The number of hydrogen-bond donors (Lipinski definition) is 1. The van der Waals surface area contributed by atoms with Crippen molar-refractivity contribution in [2.45, 2.75) is 110 Å². The van der Waals surface area contributed by atoms with E-state index in [-0.39, 0.29) is 11.0 Å². The van der Waals surface area contributed by atoms with Gasteiger partial charge >= 0.3 is 0 Å². The van der Waals surface area contributed by atoms with E-state index in [9.17, 15) is 0 Å². The second kappa shape index (κ2) is 14.2. The van der Waals surface area contributed by atoms with E-state index in [0.29, 0.717) is 0 Å². The van der Waals surface area contributed by atoms with Gasteiger partial charge in [0.25, 0.3) is 0 Å². The number of hydrogen-bond acceptors (Lipinski definition) is 1. The molecule has 0 amide bonds. The maximum atomic E-state index is 7.13. The third kappa shape index (κ3) is 9.23. The summed E-state index contributed by atoms with van der Waals surface area (Å²) in [6.45, 7) is 9.16. The summed E-state index contributed by atoms with van der Waals surface area (Å²) in [4.78, 5) is 0.0936. The third-order valence-electron chi connectivity index (χ3n) is 4.44. The van der Waals surface area contributed by atoms with Crippen molar-refractivity contribution < 1.29 is 0 Å². The summed E-state index contributed by atoms with van der Waals surface area (Å²) in [7, 11) is 0. The summed E-state index contributed by atoms with van der Waals surface area (Å²) < 4.78 is 0. The first kappa shape index (κ1) is 22.5. The molecule has 124 valence electrons. The van der Waals surface area contributed by atoms with Gasteiger partial charge in [0.05, 0.1) is 0 Å². The zero-order valence-electron chi connectivity index (χ0n) is 14.6. The first-order valence-corrected chi connectivity index (χ1v) is 9.21. The molecule has 0 fully saturated rings. The molecular weight excluding hydrogens is 266 g/mol. The maximum Gasteiger partial charge on any atom is 0.0475 e. The number of rotatable bonds is 13. The maximum absolute atomic E-state index is 7.13. The van der Waals surface area contributed by atoms with Crippen molar-refractivity contribution >= 4 is 11.6 Å². The van der Waals surface area contributed by atoms with Crippen LogP contribution in [0, 0.1) is 5.92 Å². The van der Waals surface area contributed by atoms with Gasteiger partial charge in [-0.2, -0.15) is 0 Å². The Morgan fingerprint density at radius 2 is 1.05 bits per heavy atom. The average molecular weight is 306 g/mol. The average Bonchev–Trinajstić information content (AvgIpc) is 2.43. The van der Waals surface area contributed by atoms with Crippen LogP contribution in [0.1, 0.15) is 105 Å². The molecule has 0 bridgehead atoms. The van der Waals surface area contributed by atoms with E-state index in [1.54, 1.807) is 0 Å². The molecule has 3 N–H and O–H groups in total. The standard InChI is InChI=1S/C18H37Cl.H3N/c1-5-9-13-17(14-10-6-2)18(19,15-11-7-3)16-12-8-4;/h17H,5-16H2,1-4H3;1H3. The molecule has 0 aromatic heterocycles. The van der Waals surface area contributed by atoms with Crippen molar-refractivity contribution in [1.82, 2.24) is 6.15 Å². The van der Waals surface area contributed by atoms with Crippen molar-refractivity contribution in [3.8, 4) is 0 Å². The minimum atomic E-state index is 0. The van der Waals surface area contributed by atoms with Gasteiger partial charge in [-0.3, -0.25) is 0 Å². The topological polar surface area (TPSA) is 35.0 Å². The quantitative estimate of drug-likeness (QED) is 0.351. The molecule has 0 heterocycles. The summed E-state index contributed by atoms with van der Waals surface area (Å²) in [5.74, 6) is 0.743. The number of halogens is 1. The molecule has 0 aliphatic heterocycles. The van der Waals surface area contributed by atoms with Gasteiger partial charge in [0.2, 0.25) is 0 Å². The fourth-order valence-corrected chi connectivity index (χ4v) is 3.52. The van der Waals surface area contributed by atoms with E-state index >= 15 is 0 Å². The fraction of sp³-hybridized carbons (Fsp3) is 1.00. The van der Waals surface area contributed by atoms with Crippen LogP contribution in [0.4, 0.5) is 0 Å². The van der Waals surface area contributed by atoms with Crippen LogP contribution in [-0.2, 0) is 0 Å². The highest BCUT2D eigenvalue weighted by Crippen LogP contribution is 2.41. The molecule has 0 aromatic rings. The second-order valence-corrected chi connectivity index (χ2v) is 6.98. The van der Waals surface area contributed by atoms with E-state index < -0.39 is 0 Å². The van der Waals surface area contributed by atoms with E-state index in [2.05, 4.69) is 27.7 Å². The van der Waals surface area contributed by atoms with Gasteiger partial charge in [0, 0.05) is 4.87 Å². The molecule has 1 nitrogen and oxygen atoms in total. The summed E-state index contributed by atoms with van der Waals surface area (Å²) in [6.07, 6.45) is 15.6. The van der Waals surface area contributed by atoms with Gasteiger partial charge in [0.15, 0.2) is 0 Å². The monoisotopic (exact) mass is 305 g/mol. The lowest BCUT2D eigenvalue weighted by Crippen LogP contribution is -2.32. The normalized spacial score (nSPS) is 11.7. The molecule has 2 heteroatoms. The van der Waals surface area contributed by atoms with Gasteiger partial charge in [-0.25, -0.2) is 0 Å². The van der Waals surface area contributed by atoms with Crippen molar-refractivity contribution in [3.05, 3.63) is 0 Å². The fourth-order valence-electron chi connectivity index (χ4n) is 3.04. The Morgan fingerprint density at radius 3 is 1.35 bits per heavy atom. The molecule has 0 unspecified atom stereocenters. The van der Waals surface area contributed by atoms with Crippen LogP contribution in [0.25, 0.3) is 0 Å². The van der Waals surface area contributed by atoms with E-state index in [4.69, 9.17) is 11.6 Å². The van der Waals surface area contributed by atoms with Gasteiger partial charge in [-0.15, -0.1) is 11.6 Å². The Morgan fingerprint density at radius 1 is 0.700 bits per heavy atom. The Bertz CT molecular complexity index is 178. The largest absolute Gasteiger partial charge is 0.344 e. The Hall–Kier alpha value is 0.250. The van der Waals surface area contributed by atoms with Gasteiger partial charge < -0.3 is 6.15 Å². The van der Waals surface area contributed by atoms with Crippen LogP contribution in [0.5, 0.6) is 0 Å². The van der Waals surface area contributed by atoms with Gasteiger partial charge in [-0.05, 0) is 31.6 Å². The smallest absolute Gasteiger partial charge is 0.0475 e. The second-order valence-electron chi connectivity index (χ2n) is 6.22. The summed E-state index contributed by atoms with van der Waals surface area (Å²) in [6, 6.07) is 0. The van der Waals surface area contributed by atoms with Crippen molar-refractivity contribution in [1.29, 1.82) is 0 Å². The van der Waals surface area contributed by atoms with Crippen molar-refractivity contribution in [2.24, 2.45) is 5.92 Å². The minimum Gasteiger partial charge on any atom is -0.344 e. The van der Waals surface area contributed by atoms with Crippen LogP contribution in [-0.4, -0.2) is 4.87 Å². The first-order chi connectivity index (χ1) is 9.14. The van der Waals surface area contributed by atoms with E-state index in [0.717, 1.165) is 5.92 Å². The zero-order chi connectivity index (χ0) is 14.6. The summed E-state index contributed by atoms with van der Waals surface area (Å²) in [5.41, 5.74) is 0. The highest BCUT2D eigenvalue weighted by atomic mass is 35.5. The lowest BCUT2D eigenvalue weighted by Gasteiger charge is -2.36. The van der Waals surface area contributed by atoms with E-state index in [1.165, 1.54) is 77.0 Å². The molecule has 0 atom stereocenters. The van der Waals surface area contributed by atoms with Gasteiger partial charge in [0.1, 0.15) is 0 Å². The van der Waals surface area contributed by atoms with Crippen LogP contribution >= 0.6 is 11.6 Å². The number of alkyl halides is 1. The minimum absolute atomic E-state index is 0. The Labute approximate surface area is 133 Å². The van der Waals surface area contributed by atoms with Crippen LogP contribution in [0.3, 0.4) is 0 Å². The molecule has 0 radical (unpaired) electrons. The lowest BCUT2D eigenvalue weighted by atomic mass is 9.77. The molecule has 0 aromatic carbocycles. The Balaban J connectivity index is 0. The molecule has 0 spiro atoms. The highest BCUT2D eigenvalue weighted by Gasteiger charge is 2.34. The van der Waals surface area contributed by atoms with Crippen LogP contribution in [0.15, 0.2) is 0 Å². The first-order valence-electron chi connectivity index (χ1n) is 8.83. The Kier molecular flexibility index (Phi) is 16.0. The molecular formula is C18H40ClN. The predicted molar refractivity (Wildman–Crippen MR) is 95.2 cm³/mol. The molecule has 0 saturated carbocycles. The van der Waals surface area contributed by atoms with E-state index in [1.807, 2.05) is 0 Å². The molecule has 0 saturated heterocycles. The van der Waals surface area contributed by atoms with Crippen molar-refractivity contribution in [3.63, 3.8) is 0 Å². The molecule has 20 heavy (non-hydrogen) atoms. The van der Waals surface area contributed by atoms with Crippen LogP contribution < -0.4 is 6.15 Å². The predicted octanol–water partition coefficient (Wildman–Crippen LogP) is 7.50. The molecule has 0 aliphatic rings. The molecule has 0 rings (SSSR count). The van der Waals surface area contributed by atoms with Crippen molar-refractivity contribution in [2.75, 3.05) is 0 Å². The summed E-state index contributed by atoms with van der Waals surface area (Å²) >= 11 is 7.13. The lowest BCUT2D eigenvalue weighted by molar-refractivity contribution is 0.270.